The number of hydrogen-bond donors (Lipinski definition) is 0. The van der Waals surface area contributed by atoms with Crippen molar-refractivity contribution in [2.45, 2.75) is 38.5 Å². The van der Waals surface area contributed by atoms with Gasteiger partial charge in [0.2, 0.25) is 0 Å². The first-order valence-electron chi connectivity index (χ1n) is 4.93. The molecule has 13 heavy (non-hydrogen) atoms. The van der Waals surface area contributed by atoms with E-state index in [1.807, 2.05) is 0 Å². The smallest absolute Gasteiger partial charge is 0.0590 e. The van der Waals surface area contributed by atoms with Gasteiger partial charge in [-0.1, -0.05) is 12.1 Å². The first kappa shape index (κ1) is 9.08. The van der Waals surface area contributed by atoms with Crippen LogP contribution in [0.2, 0.25) is 0 Å². The van der Waals surface area contributed by atoms with Crippen LogP contribution in [0.4, 0.5) is 0 Å². The first-order chi connectivity index (χ1) is 6.20. The third-order valence-electron chi connectivity index (χ3n) is 3.01. The summed E-state index contributed by atoms with van der Waals surface area (Å²) < 4.78 is 0. The highest BCUT2D eigenvalue weighted by molar-refractivity contribution is 6.21. The minimum atomic E-state index is 0.253. The second-order valence-electron chi connectivity index (χ2n) is 3.95. The zero-order chi connectivity index (χ0) is 9.42. The lowest BCUT2D eigenvalue weighted by Gasteiger charge is -2.24. The van der Waals surface area contributed by atoms with Crippen LogP contribution in [-0.2, 0) is 6.42 Å². The van der Waals surface area contributed by atoms with E-state index in [0.717, 1.165) is 6.42 Å². The standard InChI is InChI=1S/C12H15Cl/c1-8-6-7-9(2)12-10(8)4-3-5-11(12)13/h6-7,11H,3-5H2,1-2H3/t11-/m1/s1. The van der Waals surface area contributed by atoms with Crippen molar-refractivity contribution in [1.82, 2.24) is 0 Å². The van der Waals surface area contributed by atoms with Crippen LogP contribution in [0.1, 0.15) is 40.5 Å². The maximum absolute atomic E-state index is 6.32. The predicted octanol–water partition coefficient (Wildman–Crippen LogP) is 3.92. The molecular weight excluding hydrogens is 180 g/mol. The summed E-state index contributed by atoms with van der Waals surface area (Å²) in [5.41, 5.74) is 5.69. The van der Waals surface area contributed by atoms with E-state index in [1.165, 1.54) is 35.1 Å². The van der Waals surface area contributed by atoms with Gasteiger partial charge >= 0.3 is 0 Å². The molecule has 1 aromatic rings. The Balaban J connectivity index is 2.60. The van der Waals surface area contributed by atoms with Gasteiger partial charge in [-0.15, -0.1) is 11.6 Å². The molecule has 1 heteroatoms. The Hall–Kier alpha value is -0.490. The van der Waals surface area contributed by atoms with E-state index in [0.29, 0.717) is 0 Å². The molecule has 0 bridgehead atoms. The molecule has 0 N–H and O–H groups in total. The number of aryl methyl sites for hydroxylation is 2. The summed E-state index contributed by atoms with van der Waals surface area (Å²) in [6.45, 7) is 4.35. The molecular formula is C12H15Cl. The quantitative estimate of drug-likeness (QED) is 0.550. The van der Waals surface area contributed by atoms with Crippen molar-refractivity contribution in [2.75, 3.05) is 0 Å². The van der Waals surface area contributed by atoms with Gasteiger partial charge in [0.05, 0.1) is 5.38 Å². The van der Waals surface area contributed by atoms with E-state index < -0.39 is 0 Å². The molecule has 0 spiro atoms. The van der Waals surface area contributed by atoms with Crippen LogP contribution in [-0.4, -0.2) is 0 Å². The Kier molecular flexibility index (Phi) is 2.33. The number of alkyl halides is 1. The molecule has 0 amide bonds. The Bertz CT molecular complexity index is 328. The molecule has 0 heterocycles. The van der Waals surface area contributed by atoms with Gasteiger partial charge in [0.15, 0.2) is 0 Å². The Morgan fingerprint density at radius 2 is 1.92 bits per heavy atom. The summed E-state index contributed by atoms with van der Waals surface area (Å²) in [4.78, 5) is 0. The fraction of sp³-hybridized carbons (Fsp3) is 0.500. The summed E-state index contributed by atoms with van der Waals surface area (Å²) in [6.07, 6.45) is 3.59. The van der Waals surface area contributed by atoms with Gasteiger partial charge in [-0.2, -0.15) is 0 Å². The number of halogens is 1. The first-order valence-corrected chi connectivity index (χ1v) is 5.37. The van der Waals surface area contributed by atoms with E-state index in [-0.39, 0.29) is 5.38 Å². The van der Waals surface area contributed by atoms with Crippen LogP contribution in [0.15, 0.2) is 12.1 Å². The lowest BCUT2D eigenvalue weighted by atomic mass is 9.85. The fourth-order valence-corrected chi connectivity index (χ4v) is 2.72. The highest BCUT2D eigenvalue weighted by Gasteiger charge is 2.20. The molecule has 1 aliphatic rings. The van der Waals surface area contributed by atoms with Crippen molar-refractivity contribution in [2.24, 2.45) is 0 Å². The van der Waals surface area contributed by atoms with Crippen molar-refractivity contribution in [3.8, 4) is 0 Å². The zero-order valence-electron chi connectivity index (χ0n) is 8.23. The molecule has 0 aliphatic heterocycles. The molecule has 1 atom stereocenters. The average Bonchev–Trinajstić information content (AvgIpc) is 2.12. The second kappa shape index (κ2) is 3.34. The minimum absolute atomic E-state index is 0.253. The van der Waals surface area contributed by atoms with Gasteiger partial charge in [-0.25, -0.2) is 0 Å². The lowest BCUT2D eigenvalue weighted by molar-refractivity contribution is 0.660. The van der Waals surface area contributed by atoms with Crippen LogP contribution < -0.4 is 0 Å². The molecule has 70 valence electrons. The largest absolute Gasteiger partial charge is 0.118 e. The third kappa shape index (κ3) is 1.48. The zero-order valence-corrected chi connectivity index (χ0v) is 8.99. The molecule has 2 rings (SSSR count). The van der Waals surface area contributed by atoms with E-state index in [2.05, 4.69) is 26.0 Å². The normalized spacial score (nSPS) is 21.3. The molecule has 0 saturated carbocycles. The summed E-state index contributed by atoms with van der Waals surface area (Å²) in [7, 11) is 0. The second-order valence-corrected chi connectivity index (χ2v) is 4.48. The Morgan fingerprint density at radius 3 is 2.62 bits per heavy atom. The fourth-order valence-electron chi connectivity index (χ4n) is 2.26. The van der Waals surface area contributed by atoms with Crippen molar-refractivity contribution < 1.29 is 0 Å². The number of benzene rings is 1. The SMILES string of the molecule is Cc1ccc(C)c2c1CCC[C@H]2Cl. The highest BCUT2D eigenvalue weighted by atomic mass is 35.5. The molecule has 0 fully saturated rings. The highest BCUT2D eigenvalue weighted by Crippen LogP contribution is 2.37. The lowest BCUT2D eigenvalue weighted by Crippen LogP contribution is -2.09. The maximum Gasteiger partial charge on any atom is 0.0590 e. The van der Waals surface area contributed by atoms with Crippen molar-refractivity contribution in [3.05, 3.63) is 34.4 Å². The van der Waals surface area contributed by atoms with Gasteiger partial charge in [0.25, 0.3) is 0 Å². The summed E-state index contributed by atoms with van der Waals surface area (Å²) in [6, 6.07) is 4.40. The molecule has 0 nitrogen and oxygen atoms in total. The average molecular weight is 195 g/mol. The van der Waals surface area contributed by atoms with Crippen LogP contribution in [0.25, 0.3) is 0 Å². The Morgan fingerprint density at radius 1 is 1.23 bits per heavy atom. The van der Waals surface area contributed by atoms with Crippen LogP contribution >= 0.6 is 11.6 Å². The van der Waals surface area contributed by atoms with Crippen molar-refractivity contribution in [3.63, 3.8) is 0 Å². The van der Waals surface area contributed by atoms with E-state index in [1.54, 1.807) is 0 Å². The van der Waals surface area contributed by atoms with Gasteiger partial charge in [-0.3, -0.25) is 0 Å². The van der Waals surface area contributed by atoms with Crippen molar-refractivity contribution >= 4 is 11.6 Å². The maximum atomic E-state index is 6.32. The van der Waals surface area contributed by atoms with Gasteiger partial charge < -0.3 is 0 Å². The minimum Gasteiger partial charge on any atom is -0.118 e. The molecule has 1 aromatic carbocycles. The summed E-state index contributed by atoms with van der Waals surface area (Å²) in [5, 5.41) is 0.253. The van der Waals surface area contributed by atoms with Crippen LogP contribution in [0.3, 0.4) is 0 Å². The number of hydrogen-bond acceptors (Lipinski definition) is 0. The monoisotopic (exact) mass is 194 g/mol. The van der Waals surface area contributed by atoms with E-state index in [4.69, 9.17) is 11.6 Å². The molecule has 1 aliphatic carbocycles. The number of fused-ring (bicyclic) bond motifs is 1. The van der Waals surface area contributed by atoms with Crippen LogP contribution in [0.5, 0.6) is 0 Å². The van der Waals surface area contributed by atoms with E-state index >= 15 is 0 Å². The third-order valence-corrected chi connectivity index (χ3v) is 3.44. The summed E-state index contributed by atoms with van der Waals surface area (Å²) in [5.74, 6) is 0. The topological polar surface area (TPSA) is 0 Å². The molecule has 0 aromatic heterocycles. The molecule has 0 unspecified atom stereocenters. The van der Waals surface area contributed by atoms with E-state index in [9.17, 15) is 0 Å². The van der Waals surface area contributed by atoms with Gasteiger partial charge in [-0.05, 0) is 55.4 Å². The molecule has 0 radical (unpaired) electrons. The number of rotatable bonds is 0. The van der Waals surface area contributed by atoms with Gasteiger partial charge in [0.1, 0.15) is 0 Å². The van der Waals surface area contributed by atoms with Crippen LogP contribution in [0, 0.1) is 13.8 Å². The Labute approximate surface area is 84.9 Å². The van der Waals surface area contributed by atoms with Crippen molar-refractivity contribution in [1.29, 1.82) is 0 Å². The summed E-state index contributed by atoms with van der Waals surface area (Å²) >= 11 is 6.32. The predicted molar refractivity (Wildman–Crippen MR) is 57.4 cm³/mol. The molecule has 0 saturated heterocycles. The van der Waals surface area contributed by atoms with Gasteiger partial charge in [0, 0.05) is 0 Å².